The van der Waals surface area contributed by atoms with Gasteiger partial charge >= 0.3 is 24.0 Å². The second kappa shape index (κ2) is 25.0. The van der Waals surface area contributed by atoms with Crippen molar-refractivity contribution in [3.63, 3.8) is 0 Å². The summed E-state index contributed by atoms with van der Waals surface area (Å²) < 4.78 is 16.6. The Balaban J connectivity index is 1.34. The number of carbonyl (C=O) groups is 6. The van der Waals surface area contributed by atoms with E-state index in [1.54, 1.807) is 67.2 Å². The zero-order valence-electron chi connectivity index (χ0n) is 40.7. The van der Waals surface area contributed by atoms with Gasteiger partial charge < -0.3 is 34.9 Å². The van der Waals surface area contributed by atoms with Crippen molar-refractivity contribution in [2.75, 3.05) is 78.5 Å². The number of benzene rings is 2. The highest BCUT2D eigenvalue weighted by Gasteiger charge is 2.27. The number of nitrogens with zero attached hydrogens (tertiary/aromatic N) is 4. The summed E-state index contributed by atoms with van der Waals surface area (Å²) in [5.74, 6) is -2.58. The van der Waals surface area contributed by atoms with Crippen LogP contribution < -0.4 is 16.1 Å². The first kappa shape index (κ1) is 54.0. The number of carboxylic acid groups (broad SMARTS) is 1. The number of ether oxygens (including phenoxy) is 3. The summed E-state index contributed by atoms with van der Waals surface area (Å²) in [6, 6.07) is 15.9. The minimum absolute atomic E-state index is 0.00411. The molecule has 370 valence electrons. The molecular weight excluding hydrogens is 865 g/mol. The molecule has 2 heterocycles. The van der Waals surface area contributed by atoms with Crippen molar-refractivity contribution in [2.24, 2.45) is 0 Å². The lowest BCUT2D eigenvalue weighted by atomic mass is 10.1. The van der Waals surface area contributed by atoms with Crippen LogP contribution in [0.2, 0.25) is 0 Å². The summed E-state index contributed by atoms with van der Waals surface area (Å²) in [7, 11) is 0. The number of aromatic amines is 1. The van der Waals surface area contributed by atoms with E-state index in [2.05, 4.69) is 21.1 Å². The topological polar surface area (TPSA) is 224 Å². The van der Waals surface area contributed by atoms with Crippen LogP contribution in [0.4, 0.5) is 4.79 Å². The number of hydrogen-bond acceptors (Lipinski definition) is 14. The molecule has 0 radical (unpaired) electrons. The van der Waals surface area contributed by atoms with E-state index in [9.17, 15) is 33.9 Å². The first-order valence-corrected chi connectivity index (χ1v) is 22.8. The molecule has 1 saturated heterocycles. The van der Waals surface area contributed by atoms with Crippen LogP contribution in [0.1, 0.15) is 79.1 Å². The van der Waals surface area contributed by atoms with E-state index in [1.807, 2.05) is 69.3 Å². The molecule has 0 unspecified atom stereocenters. The van der Waals surface area contributed by atoms with Crippen LogP contribution in [-0.2, 0) is 62.6 Å². The smallest absolute Gasteiger partial charge is 0.408 e. The number of fused-ring (bicyclic) bond motifs is 1. The van der Waals surface area contributed by atoms with E-state index < -0.39 is 52.8 Å². The zero-order chi connectivity index (χ0) is 49.4. The molecule has 1 aromatic heterocycles. The van der Waals surface area contributed by atoms with Crippen molar-refractivity contribution < 1.29 is 52.9 Å². The molecule has 2 aromatic carbocycles. The number of aliphatic carboxylic acids is 1. The average Bonchev–Trinajstić information content (AvgIpc) is 3.61. The predicted molar refractivity (Wildman–Crippen MR) is 251 cm³/mol. The second-order valence-corrected chi connectivity index (χ2v) is 19.8. The van der Waals surface area contributed by atoms with Crippen molar-refractivity contribution in [3.8, 4) is 0 Å². The van der Waals surface area contributed by atoms with E-state index in [0.29, 0.717) is 52.4 Å². The van der Waals surface area contributed by atoms with Gasteiger partial charge in [0, 0.05) is 76.5 Å². The quantitative estimate of drug-likeness (QED) is 0.0743. The fourth-order valence-corrected chi connectivity index (χ4v) is 7.11. The Bertz CT molecular complexity index is 2070. The van der Waals surface area contributed by atoms with Crippen LogP contribution in [0.5, 0.6) is 0 Å². The number of carbonyl (C=O) groups excluding carboxylic acids is 5. The van der Waals surface area contributed by atoms with Crippen LogP contribution in [-0.4, -0.2) is 167 Å². The van der Waals surface area contributed by atoms with Gasteiger partial charge in [-0.2, -0.15) is 0 Å². The maximum absolute atomic E-state index is 13.4. The number of rotatable bonds is 17. The van der Waals surface area contributed by atoms with Crippen molar-refractivity contribution in [1.29, 1.82) is 0 Å². The Labute approximate surface area is 394 Å². The van der Waals surface area contributed by atoms with Gasteiger partial charge in [0.05, 0.1) is 32.8 Å². The normalized spacial score (nSPS) is 16.0. The highest BCUT2D eigenvalue weighted by Crippen LogP contribution is 2.17. The minimum atomic E-state index is -1.00. The number of H-pyrrole nitrogens is 1. The third kappa shape index (κ3) is 21.7. The summed E-state index contributed by atoms with van der Waals surface area (Å²) in [5.41, 5.74) is 3.56. The Kier molecular flexibility index (Phi) is 20.1. The maximum Gasteiger partial charge on any atom is 0.408 e. The maximum atomic E-state index is 13.4. The van der Waals surface area contributed by atoms with Crippen LogP contribution in [0.15, 0.2) is 54.6 Å². The molecule has 3 aromatic rings. The molecule has 1 atom stereocenters. The van der Waals surface area contributed by atoms with Crippen LogP contribution >= 0.6 is 0 Å². The summed E-state index contributed by atoms with van der Waals surface area (Å²) in [4.78, 5) is 93.5. The van der Waals surface area contributed by atoms with Crippen LogP contribution in [0, 0.1) is 0 Å². The third-order valence-electron chi connectivity index (χ3n) is 10.1. The largest absolute Gasteiger partial charge is 0.480 e. The summed E-state index contributed by atoms with van der Waals surface area (Å²) in [6.07, 6.45) is -0.575. The van der Waals surface area contributed by atoms with Gasteiger partial charge in [-0.1, -0.05) is 42.5 Å². The van der Waals surface area contributed by atoms with Gasteiger partial charge in [-0.25, -0.2) is 10.3 Å². The fraction of sp³-hybridized carbons (Fsp3) is 0.583. The molecular formula is C48H72N8O11. The Morgan fingerprint density at radius 2 is 1.12 bits per heavy atom. The number of aromatic nitrogens is 1. The molecule has 19 nitrogen and oxygen atoms in total. The van der Waals surface area contributed by atoms with Gasteiger partial charge in [0.25, 0.3) is 5.91 Å². The Hall–Kier alpha value is -5.60. The van der Waals surface area contributed by atoms with Gasteiger partial charge in [0.15, 0.2) is 0 Å². The summed E-state index contributed by atoms with van der Waals surface area (Å²) >= 11 is 0. The molecule has 1 fully saturated rings. The lowest BCUT2D eigenvalue weighted by molar-refractivity contribution is -0.158. The van der Waals surface area contributed by atoms with Gasteiger partial charge in [-0.3, -0.25) is 48.4 Å². The number of carboxylic acids is 1. The molecule has 19 heteroatoms. The zero-order valence-corrected chi connectivity index (χ0v) is 40.7. The molecule has 0 spiro atoms. The number of esters is 2. The predicted octanol–water partition coefficient (Wildman–Crippen LogP) is 3.46. The average molecular weight is 937 g/mol. The van der Waals surface area contributed by atoms with Crippen LogP contribution in [0.3, 0.4) is 0 Å². The van der Waals surface area contributed by atoms with Gasteiger partial charge in [-0.15, -0.1) is 0 Å². The van der Waals surface area contributed by atoms with Crippen molar-refractivity contribution in [3.05, 3.63) is 71.4 Å². The van der Waals surface area contributed by atoms with E-state index in [1.165, 1.54) is 0 Å². The van der Waals surface area contributed by atoms with E-state index >= 15 is 0 Å². The molecule has 1 aliphatic heterocycles. The number of alkyl carbamates (subject to hydrolysis) is 1. The number of hydrogen-bond donors (Lipinski definition) is 5. The molecule has 1 aliphatic rings. The van der Waals surface area contributed by atoms with Crippen LogP contribution in [0.25, 0.3) is 10.9 Å². The minimum Gasteiger partial charge on any atom is -0.480 e. The highest BCUT2D eigenvalue weighted by atomic mass is 16.7. The summed E-state index contributed by atoms with van der Waals surface area (Å²) in [5, 5.41) is 16.3. The molecule has 5 N–H and O–H groups in total. The third-order valence-corrected chi connectivity index (χ3v) is 10.1. The van der Waals surface area contributed by atoms with E-state index in [0.717, 1.165) is 27.7 Å². The van der Waals surface area contributed by atoms with Crippen molar-refractivity contribution >= 4 is 46.7 Å². The van der Waals surface area contributed by atoms with Crippen molar-refractivity contribution in [1.82, 2.24) is 40.7 Å². The van der Waals surface area contributed by atoms with Gasteiger partial charge in [-0.05, 0) is 91.0 Å². The van der Waals surface area contributed by atoms with Crippen molar-refractivity contribution in [2.45, 2.75) is 105 Å². The monoisotopic (exact) mass is 937 g/mol. The standard InChI is InChI=1S/C48H72N8O11/c1-46(2,3)65-42(60)31-55-22-19-53(18-20-54(30-41(58)59)21-23-56(25-24-55)32-43(61)66-47(4,5)6)29-40(57)49-28-34-14-16-35(17-15-34)33-64-52-44(62)39(51-45(63)67-48(7,8)9)27-37-26-36-12-10-11-13-38(36)50-37/h10-17,26,39,50H,18-25,27-33H2,1-9H3,(H,49,57)(H,51,63)(H,52,62)(H,58,59)/t39-/m1/s1. The summed E-state index contributed by atoms with van der Waals surface area (Å²) in [6.45, 7) is 19.2. The SMILES string of the molecule is CC(C)(C)OC(=O)CN1CCN(CC(=O)O)CCN(CC(=O)NCc2ccc(CONC(=O)[C@@H](Cc3cc4ccccc4[nH]3)NC(=O)OC(C)(C)C)cc2)CCN(CC(=O)OC(C)(C)C)CC1. The highest BCUT2D eigenvalue weighted by molar-refractivity contribution is 5.86. The fourth-order valence-electron chi connectivity index (χ4n) is 7.11. The van der Waals surface area contributed by atoms with Gasteiger partial charge in [0.2, 0.25) is 5.91 Å². The first-order valence-electron chi connectivity index (χ1n) is 22.8. The number of amides is 3. The van der Waals surface area contributed by atoms with E-state index in [4.69, 9.17) is 19.0 Å². The number of hydroxylamine groups is 1. The molecule has 0 bridgehead atoms. The molecule has 4 rings (SSSR count). The number of para-hydroxylation sites is 1. The Morgan fingerprint density at radius 1 is 0.642 bits per heavy atom. The first-order chi connectivity index (χ1) is 31.4. The van der Waals surface area contributed by atoms with E-state index in [-0.39, 0.29) is 51.7 Å². The lowest BCUT2D eigenvalue weighted by Crippen LogP contribution is -2.50. The molecule has 3 amide bonds. The molecule has 0 saturated carbocycles. The lowest BCUT2D eigenvalue weighted by Gasteiger charge is -2.33. The number of nitrogens with one attached hydrogen (secondary N) is 4. The molecule has 0 aliphatic carbocycles. The molecule has 67 heavy (non-hydrogen) atoms. The Morgan fingerprint density at radius 3 is 1.61 bits per heavy atom. The van der Waals surface area contributed by atoms with Gasteiger partial charge in [0.1, 0.15) is 22.8 Å². The second-order valence-electron chi connectivity index (χ2n) is 19.8.